The molecular formula is C19H24N2O3S. The third-order valence-corrected chi connectivity index (χ3v) is 4.94. The van der Waals surface area contributed by atoms with E-state index in [0.29, 0.717) is 6.42 Å². The first kappa shape index (κ1) is 19.2. The van der Waals surface area contributed by atoms with Crippen molar-refractivity contribution in [3.63, 3.8) is 0 Å². The lowest BCUT2D eigenvalue weighted by atomic mass is 10.1. The number of benzene rings is 1. The average Bonchev–Trinajstić information content (AvgIpc) is 2.93. The number of carbonyl (C=O) groups is 3. The molecule has 0 saturated carbocycles. The molecule has 2 rings (SSSR count). The second-order valence-corrected chi connectivity index (χ2v) is 7.45. The molecule has 0 N–H and O–H groups in total. The van der Waals surface area contributed by atoms with Gasteiger partial charge in [-0.1, -0.05) is 13.0 Å². The van der Waals surface area contributed by atoms with E-state index >= 15 is 0 Å². The Balaban J connectivity index is 1.85. The predicted octanol–water partition coefficient (Wildman–Crippen LogP) is 3.32. The number of hydrogen-bond acceptors (Lipinski definition) is 5. The minimum absolute atomic E-state index is 0.0495. The Morgan fingerprint density at radius 2 is 1.88 bits per heavy atom. The van der Waals surface area contributed by atoms with Crippen LogP contribution in [0.25, 0.3) is 10.2 Å². The number of ketones is 2. The maximum atomic E-state index is 12.2. The van der Waals surface area contributed by atoms with Gasteiger partial charge in [-0.05, 0) is 31.0 Å². The van der Waals surface area contributed by atoms with Crippen molar-refractivity contribution < 1.29 is 14.4 Å². The van der Waals surface area contributed by atoms with E-state index in [0.717, 1.165) is 27.2 Å². The van der Waals surface area contributed by atoms with Gasteiger partial charge >= 0.3 is 0 Å². The summed E-state index contributed by atoms with van der Waals surface area (Å²) in [5.74, 6) is -0.121. The first-order valence-electron chi connectivity index (χ1n) is 8.52. The van der Waals surface area contributed by atoms with Crippen LogP contribution in [-0.4, -0.2) is 40.9 Å². The van der Waals surface area contributed by atoms with E-state index in [4.69, 9.17) is 0 Å². The van der Waals surface area contributed by atoms with Crippen molar-refractivity contribution in [3.8, 4) is 0 Å². The van der Waals surface area contributed by atoms with E-state index in [1.807, 2.05) is 26.0 Å². The number of Topliss-reactive ketones (excluding diaryl/α,β-unsaturated/α-hetero) is 2. The number of hydrogen-bond donors (Lipinski definition) is 0. The lowest BCUT2D eigenvalue weighted by molar-refractivity contribution is -0.135. The molecule has 0 saturated heterocycles. The second kappa shape index (κ2) is 8.85. The summed E-state index contributed by atoms with van der Waals surface area (Å²) in [4.78, 5) is 41.6. The average molecular weight is 360 g/mol. The number of likely N-dealkylation sites (N-methyl/N-ethyl adjacent to an activating group) is 1. The zero-order valence-electron chi connectivity index (χ0n) is 15.0. The van der Waals surface area contributed by atoms with Crippen molar-refractivity contribution in [1.82, 2.24) is 9.88 Å². The minimum atomic E-state index is -0.169. The molecule has 0 bridgehead atoms. The summed E-state index contributed by atoms with van der Waals surface area (Å²) in [6, 6.07) is 6.02. The van der Waals surface area contributed by atoms with Gasteiger partial charge in [-0.15, -0.1) is 11.3 Å². The molecule has 0 aliphatic carbocycles. The number of aryl methyl sites for hydroxylation is 1. The minimum Gasteiger partial charge on any atom is -0.338 e. The summed E-state index contributed by atoms with van der Waals surface area (Å²) in [7, 11) is 1.60. The lowest BCUT2D eigenvalue weighted by Gasteiger charge is -2.15. The highest BCUT2D eigenvalue weighted by Crippen LogP contribution is 2.23. The Labute approximate surface area is 152 Å². The summed E-state index contributed by atoms with van der Waals surface area (Å²) in [5, 5.41) is 0.768. The third kappa shape index (κ3) is 5.74. The smallest absolute Gasteiger partial charge is 0.223 e. The highest BCUT2D eigenvalue weighted by atomic mass is 32.1. The Bertz CT molecular complexity index is 782. The Morgan fingerprint density at radius 3 is 2.60 bits per heavy atom. The van der Waals surface area contributed by atoms with Crippen LogP contribution >= 0.6 is 11.3 Å². The number of rotatable bonds is 9. The number of amides is 1. The molecule has 0 aliphatic rings. The quantitative estimate of drug-likeness (QED) is 0.688. The summed E-state index contributed by atoms with van der Waals surface area (Å²) >= 11 is 1.51. The molecule has 0 aliphatic heterocycles. The van der Waals surface area contributed by atoms with Gasteiger partial charge in [-0.2, -0.15) is 0 Å². The molecule has 0 fully saturated rings. The van der Waals surface area contributed by atoms with E-state index in [1.165, 1.54) is 16.2 Å². The number of carbonyl (C=O) groups excluding carboxylic acids is 3. The third-order valence-electron chi connectivity index (χ3n) is 3.92. The summed E-state index contributed by atoms with van der Waals surface area (Å²) in [6.45, 7) is 4.01. The van der Waals surface area contributed by atoms with Crippen LogP contribution in [0.3, 0.4) is 0 Å². The van der Waals surface area contributed by atoms with Crippen LogP contribution in [0.2, 0.25) is 0 Å². The fourth-order valence-electron chi connectivity index (χ4n) is 2.57. The second-order valence-electron chi connectivity index (χ2n) is 6.33. The van der Waals surface area contributed by atoms with Crippen molar-refractivity contribution in [3.05, 3.63) is 28.8 Å². The van der Waals surface area contributed by atoms with Crippen molar-refractivity contribution in [2.75, 3.05) is 13.6 Å². The van der Waals surface area contributed by atoms with Crippen LogP contribution in [0, 0.1) is 6.92 Å². The van der Waals surface area contributed by atoms with Gasteiger partial charge in [0.25, 0.3) is 0 Å². The standard InChI is InChI=1S/C19H24N2O3S/c1-4-5-14(22)7-9-19(24)21(3)12-15(23)11-18-20-16-8-6-13(2)10-17(16)25-18/h6,8,10H,4-5,7,9,11-12H2,1-3H3. The number of thiazole rings is 1. The van der Waals surface area contributed by atoms with E-state index in [-0.39, 0.29) is 43.3 Å². The van der Waals surface area contributed by atoms with Crippen LogP contribution in [0.1, 0.15) is 43.2 Å². The molecule has 0 atom stereocenters. The molecular weight excluding hydrogens is 336 g/mol. The van der Waals surface area contributed by atoms with Gasteiger partial charge in [-0.25, -0.2) is 4.98 Å². The van der Waals surface area contributed by atoms with Crippen molar-refractivity contribution in [2.45, 2.75) is 46.0 Å². The molecule has 1 amide bonds. The first-order valence-corrected chi connectivity index (χ1v) is 9.34. The van der Waals surface area contributed by atoms with Gasteiger partial charge in [0, 0.05) is 26.3 Å². The molecule has 1 aromatic carbocycles. The van der Waals surface area contributed by atoms with Crippen LogP contribution in [0.4, 0.5) is 0 Å². The van der Waals surface area contributed by atoms with E-state index in [2.05, 4.69) is 11.1 Å². The first-order chi connectivity index (χ1) is 11.9. The molecule has 1 aromatic heterocycles. The molecule has 134 valence electrons. The van der Waals surface area contributed by atoms with Gasteiger partial charge in [0.05, 0.1) is 23.2 Å². The molecule has 6 heteroatoms. The number of aromatic nitrogens is 1. The predicted molar refractivity (Wildman–Crippen MR) is 99.9 cm³/mol. The molecule has 1 heterocycles. The van der Waals surface area contributed by atoms with E-state index < -0.39 is 0 Å². The van der Waals surface area contributed by atoms with Crippen molar-refractivity contribution in [1.29, 1.82) is 0 Å². The molecule has 2 aromatic rings. The summed E-state index contributed by atoms with van der Waals surface area (Å²) in [5.41, 5.74) is 2.06. The van der Waals surface area contributed by atoms with Crippen LogP contribution in [-0.2, 0) is 20.8 Å². The maximum Gasteiger partial charge on any atom is 0.223 e. The normalized spacial score (nSPS) is 10.8. The fourth-order valence-corrected chi connectivity index (χ4v) is 3.67. The molecule has 0 radical (unpaired) electrons. The molecule has 0 unspecified atom stereocenters. The van der Waals surface area contributed by atoms with E-state index in [9.17, 15) is 14.4 Å². The SMILES string of the molecule is CCCC(=O)CCC(=O)N(C)CC(=O)Cc1nc2ccc(C)cc2s1. The fraction of sp³-hybridized carbons (Fsp3) is 0.474. The van der Waals surface area contributed by atoms with Gasteiger partial charge in [0.2, 0.25) is 5.91 Å². The van der Waals surface area contributed by atoms with Gasteiger partial charge in [0.1, 0.15) is 10.8 Å². The Morgan fingerprint density at radius 1 is 1.12 bits per heavy atom. The monoisotopic (exact) mass is 360 g/mol. The maximum absolute atomic E-state index is 12.2. The van der Waals surface area contributed by atoms with Gasteiger partial charge in [0.15, 0.2) is 5.78 Å². The van der Waals surface area contributed by atoms with Crippen molar-refractivity contribution in [2.24, 2.45) is 0 Å². The Kier molecular flexibility index (Phi) is 6.82. The Hall–Kier alpha value is -2.08. The van der Waals surface area contributed by atoms with E-state index in [1.54, 1.807) is 7.05 Å². The van der Waals surface area contributed by atoms with Crippen LogP contribution in [0.5, 0.6) is 0 Å². The zero-order chi connectivity index (χ0) is 18.4. The topological polar surface area (TPSA) is 67.3 Å². The summed E-state index contributed by atoms with van der Waals surface area (Å²) in [6.07, 6.45) is 1.95. The van der Waals surface area contributed by atoms with Gasteiger partial charge in [-0.3, -0.25) is 14.4 Å². The largest absolute Gasteiger partial charge is 0.338 e. The van der Waals surface area contributed by atoms with Crippen LogP contribution in [0.15, 0.2) is 18.2 Å². The highest BCUT2D eigenvalue weighted by molar-refractivity contribution is 7.18. The number of fused-ring (bicyclic) bond motifs is 1. The molecule has 5 nitrogen and oxygen atoms in total. The molecule has 0 spiro atoms. The highest BCUT2D eigenvalue weighted by Gasteiger charge is 2.16. The van der Waals surface area contributed by atoms with Crippen molar-refractivity contribution >= 4 is 39.0 Å². The van der Waals surface area contributed by atoms with Crippen LogP contribution < -0.4 is 0 Å². The van der Waals surface area contributed by atoms with Gasteiger partial charge < -0.3 is 4.90 Å². The summed E-state index contributed by atoms with van der Waals surface area (Å²) < 4.78 is 1.07. The molecule has 25 heavy (non-hydrogen) atoms. The number of nitrogens with zero attached hydrogens (tertiary/aromatic N) is 2. The lowest BCUT2D eigenvalue weighted by Crippen LogP contribution is -2.32. The zero-order valence-corrected chi connectivity index (χ0v) is 15.8.